The normalized spacial score (nSPS) is 25.6. The third-order valence-electron chi connectivity index (χ3n) is 9.29. The number of nitrogens with zero attached hydrogens (tertiary/aromatic N) is 4. The second kappa shape index (κ2) is 11.9. The quantitative estimate of drug-likeness (QED) is 0.398. The maximum Gasteiger partial charge on any atom is 0.416 e. The lowest BCUT2D eigenvalue weighted by atomic mass is 9.79. The molecule has 3 fully saturated rings. The number of hydrogen-bond acceptors (Lipinski definition) is 6. The Hall–Kier alpha value is -3.90. The van der Waals surface area contributed by atoms with Crippen molar-refractivity contribution in [3.8, 4) is 11.3 Å². The van der Waals surface area contributed by atoms with Crippen LogP contribution in [0.4, 0.5) is 17.6 Å². The van der Waals surface area contributed by atoms with Crippen molar-refractivity contribution in [2.24, 2.45) is 0 Å². The first kappa shape index (κ1) is 30.1. The van der Waals surface area contributed by atoms with E-state index in [0.717, 1.165) is 37.6 Å². The number of aromatic nitrogens is 2. The Labute approximate surface area is 252 Å². The van der Waals surface area contributed by atoms with Gasteiger partial charge in [-0.1, -0.05) is 12.1 Å². The number of likely N-dealkylation sites (tertiary alicyclic amines) is 2. The molecule has 1 aromatic carbocycles. The average Bonchev–Trinajstić information content (AvgIpc) is 3.63. The van der Waals surface area contributed by atoms with Crippen molar-refractivity contribution in [2.75, 3.05) is 19.6 Å². The van der Waals surface area contributed by atoms with Crippen molar-refractivity contribution in [3.63, 3.8) is 0 Å². The molecule has 6 rings (SSSR count). The van der Waals surface area contributed by atoms with Gasteiger partial charge in [0.2, 0.25) is 5.91 Å². The van der Waals surface area contributed by atoms with Crippen LogP contribution >= 0.6 is 0 Å². The first-order valence-electron chi connectivity index (χ1n) is 14.8. The molecule has 0 spiro atoms. The number of amides is 2. The highest BCUT2D eigenvalue weighted by Crippen LogP contribution is 2.42. The topological polar surface area (TPSA) is 98.7 Å². The summed E-state index contributed by atoms with van der Waals surface area (Å²) in [5.41, 5.74) is -1.24. The zero-order valence-electron chi connectivity index (χ0n) is 23.9. The Morgan fingerprint density at radius 3 is 2.45 bits per heavy atom. The number of carbonyl (C=O) groups excluding carboxylic acids is 2. The van der Waals surface area contributed by atoms with E-state index in [4.69, 9.17) is 0 Å². The number of pyridine rings is 2. The van der Waals surface area contributed by atoms with E-state index in [1.54, 1.807) is 29.4 Å². The van der Waals surface area contributed by atoms with Gasteiger partial charge in [0.25, 0.3) is 5.91 Å². The van der Waals surface area contributed by atoms with E-state index in [1.165, 1.54) is 12.1 Å². The van der Waals surface area contributed by atoms with Crippen LogP contribution in [0.2, 0.25) is 0 Å². The number of nitrogens with one attached hydrogen (secondary N) is 1. The largest absolute Gasteiger partial charge is 0.416 e. The van der Waals surface area contributed by atoms with Crippen LogP contribution < -0.4 is 5.32 Å². The third kappa shape index (κ3) is 5.92. The Morgan fingerprint density at radius 1 is 0.977 bits per heavy atom. The molecule has 2 N–H and O–H groups in total. The van der Waals surface area contributed by atoms with Crippen LogP contribution in [0.1, 0.15) is 60.1 Å². The van der Waals surface area contributed by atoms with Crippen LogP contribution in [0.25, 0.3) is 11.3 Å². The summed E-state index contributed by atoms with van der Waals surface area (Å²) >= 11 is 0. The monoisotopic (exact) mass is 611 g/mol. The summed E-state index contributed by atoms with van der Waals surface area (Å²) in [7, 11) is 0. The molecule has 0 unspecified atom stereocenters. The summed E-state index contributed by atoms with van der Waals surface area (Å²) in [5.74, 6) is -1.56. The molecule has 4 heterocycles. The first-order chi connectivity index (χ1) is 21.0. The minimum absolute atomic E-state index is 0.0213. The van der Waals surface area contributed by atoms with Crippen molar-refractivity contribution < 1.29 is 32.3 Å². The fraction of sp³-hybridized carbons (Fsp3) is 0.438. The molecule has 2 amide bonds. The van der Waals surface area contributed by atoms with Crippen LogP contribution in [0.15, 0.2) is 60.9 Å². The summed E-state index contributed by atoms with van der Waals surface area (Å²) in [6.07, 6.45) is 2.18. The van der Waals surface area contributed by atoms with Crippen LogP contribution in [-0.4, -0.2) is 74.4 Å². The Kier molecular flexibility index (Phi) is 8.14. The predicted molar refractivity (Wildman–Crippen MR) is 153 cm³/mol. The van der Waals surface area contributed by atoms with Gasteiger partial charge in [0.1, 0.15) is 17.1 Å². The molecule has 2 aliphatic heterocycles. The fourth-order valence-corrected chi connectivity index (χ4v) is 7.08. The van der Waals surface area contributed by atoms with Gasteiger partial charge >= 0.3 is 6.18 Å². The molecule has 2 saturated heterocycles. The predicted octanol–water partition coefficient (Wildman–Crippen LogP) is 4.54. The minimum atomic E-state index is -4.57. The average molecular weight is 612 g/mol. The zero-order chi connectivity index (χ0) is 31.1. The number of carbonyl (C=O) groups is 2. The number of benzene rings is 1. The van der Waals surface area contributed by atoms with Crippen LogP contribution in [0.5, 0.6) is 0 Å². The number of fused-ring (bicyclic) bond motifs is 1. The first-order valence-corrected chi connectivity index (χ1v) is 14.8. The van der Waals surface area contributed by atoms with E-state index >= 15 is 4.39 Å². The minimum Gasteiger partial charge on any atom is -0.383 e. The molecule has 2 aromatic heterocycles. The Morgan fingerprint density at radius 2 is 1.75 bits per heavy atom. The van der Waals surface area contributed by atoms with Crippen molar-refractivity contribution >= 4 is 11.8 Å². The van der Waals surface area contributed by atoms with E-state index in [9.17, 15) is 27.9 Å². The van der Waals surface area contributed by atoms with Gasteiger partial charge in [0.05, 0.1) is 17.8 Å². The maximum absolute atomic E-state index is 15.2. The smallest absolute Gasteiger partial charge is 0.383 e. The lowest BCUT2D eigenvalue weighted by Gasteiger charge is -2.41. The molecule has 0 bridgehead atoms. The molecule has 1 saturated carbocycles. The number of halogens is 4. The van der Waals surface area contributed by atoms with E-state index in [0.29, 0.717) is 43.5 Å². The molecule has 0 radical (unpaired) electrons. The molecule has 12 heteroatoms. The molecule has 2 atom stereocenters. The van der Waals surface area contributed by atoms with Crippen molar-refractivity contribution in [1.82, 2.24) is 25.1 Å². The Balaban J connectivity index is 1.03. The number of alkyl halides is 3. The molecule has 232 valence electrons. The summed E-state index contributed by atoms with van der Waals surface area (Å²) in [5, 5.41) is 13.9. The van der Waals surface area contributed by atoms with Gasteiger partial charge in [-0.25, -0.2) is 4.39 Å². The van der Waals surface area contributed by atoms with Gasteiger partial charge in [-0.05, 0) is 74.9 Å². The fourth-order valence-electron chi connectivity index (χ4n) is 7.08. The highest BCUT2D eigenvalue weighted by molar-refractivity contribution is 5.96. The summed E-state index contributed by atoms with van der Waals surface area (Å²) in [4.78, 5) is 38.2. The van der Waals surface area contributed by atoms with Crippen LogP contribution in [-0.2, 0) is 16.6 Å². The van der Waals surface area contributed by atoms with Gasteiger partial charge in [0.15, 0.2) is 0 Å². The summed E-state index contributed by atoms with van der Waals surface area (Å²) in [6, 6.07) is 11.1. The van der Waals surface area contributed by atoms with Crippen molar-refractivity contribution in [1.29, 1.82) is 0 Å². The van der Waals surface area contributed by atoms with E-state index in [-0.39, 0.29) is 41.8 Å². The number of hydrogen-bond donors (Lipinski definition) is 2. The Bertz CT molecular complexity index is 1530. The maximum atomic E-state index is 15.2. The third-order valence-corrected chi connectivity index (χ3v) is 9.29. The van der Waals surface area contributed by atoms with Crippen molar-refractivity contribution in [3.05, 3.63) is 83.6 Å². The van der Waals surface area contributed by atoms with Crippen LogP contribution in [0, 0.1) is 5.82 Å². The lowest BCUT2D eigenvalue weighted by molar-refractivity contribution is -0.137. The van der Waals surface area contributed by atoms with Crippen molar-refractivity contribution in [2.45, 2.75) is 68.4 Å². The lowest BCUT2D eigenvalue weighted by Crippen LogP contribution is -2.47. The molecule has 1 aliphatic carbocycles. The van der Waals surface area contributed by atoms with Gasteiger partial charge in [-0.3, -0.25) is 24.5 Å². The zero-order valence-corrected chi connectivity index (χ0v) is 23.9. The molecule has 3 aliphatic rings. The molecular formula is C32H33F4N5O3. The van der Waals surface area contributed by atoms with Gasteiger partial charge in [0, 0.05) is 54.7 Å². The molecular weight excluding hydrogens is 578 g/mol. The standard InChI is InChI=1S/C32H33F4N5O3/c33-24-17-21(25-6-1-2-13-37-25)18-38-29(24)31(44)11-7-23(8-12-31)40-14-9-27-26(40)10-15-41(27)28(42)19-39-30(43)20-4-3-5-22(16-20)32(34,35)36/h1-6,13,16-18,23,26-27,44H,7-12,14-15,19H2,(H,39,43)/t23?,26-,27-,31?/m1/s1. The highest BCUT2D eigenvalue weighted by Gasteiger charge is 2.48. The second-order valence-corrected chi connectivity index (χ2v) is 11.8. The van der Waals surface area contributed by atoms with E-state index in [1.807, 2.05) is 6.07 Å². The SMILES string of the molecule is O=C(NCC(=O)N1CC[C@@H]2[C@H]1CCN2C1CCC(O)(c2ncc(-c3ccccn3)cc2F)CC1)c1cccc(C(F)(F)F)c1. The molecule has 8 nitrogen and oxygen atoms in total. The number of rotatable bonds is 6. The van der Waals surface area contributed by atoms with Gasteiger partial charge in [-0.2, -0.15) is 13.2 Å². The molecule has 44 heavy (non-hydrogen) atoms. The van der Waals surface area contributed by atoms with Crippen LogP contribution in [0.3, 0.4) is 0 Å². The summed E-state index contributed by atoms with van der Waals surface area (Å²) in [6.45, 7) is 1.01. The van der Waals surface area contributed by atoms with E-state index in [2.05, 4.69) is 20.2 Å². The summed E-state index contributed by atoms with van der Waals surface area (Å²) < 4.78 is 54.2. The second-order valence-electron chi connectivity index (χ2n) is 11.8. The van der Waals surface area contributed by atoms with E-state index < -0.39 is 29.1 Å². The molecule has 3 aromatic rings. The van der Waals surface area contributed by atoms with Gasteiger partial charge < -0.3 is 15.3 Å². The van der Waals surface area contributed by atoms with Gasteiger partial charge in [-0.15, -0.1) is 0 Å². The highest BCUT2D eigenvalue weighted by atomic mass is 19.4. The number of aliphatic hydroxyl groups is 1.